The Hall–Kier alpha value is 0.976. The van der Waals surface area contributed by atoms with Crippen molar-refractivity contribution in [3.63, 3.8) is 0 Å². The van der Waals surface area contributed by atoms with E-state index in [9.17, 15) is 0 Å². The van der Waals surface area contributed by atoms with Crippen LogP contribution in [0.1, 0.15) is 20.8 Å². The molecule has 0 aliphatic carbocycles. The van der Waals surface area contributed by atoms with E-state index in [0.29, 0.717) is 5.54 Å². The predicted molar refractivity (Wildman–Crippen MR) is 68.3 cm³/mol. The second-order valence-electron chi connectivity index (χ2n) is 6.85. The molecular weight excluding hydrogens is 281 g/mol. The summed E-state index contributed by atoms with van der Waals surface area (Å²) >= 11 is -1.90. The molecule has 0 amide bonds. The summed E-state index contributed by atoms with van der Waals surface area (Å²) < 4.78 is 2.91. The maximum absolute atomic E-state index is 2.91. The summed E-state index contributed by atoms with van der Waals surface area (Å²) in [6.07, 6.45) is 0. The van der Waals surface area contributed by atoms with Crippen molar-refractivity contribution in [1.82, 2.24) is 2.79 Å². The van der Waals surface area contributed by atoms with E-state index in [0.717, 1.165) is 0 Å². The van der Waals surface area contributed by atoms with Crippen molar-refractivity contribution >= 4 is 26.9 Å². The molecule has 0 aromatic carbocycles. The first-order valence-electron chi connectivity index (χ1n) is 5.17. The van der Waals surface area contributed by atoms with Gasteiger partial charge in [0.15, 0.2) is 0 Å². The average molecular weight is 308 g/mol. The Bertz CT molecular complexity index is 138. The first kappa shape index (κ1) is 14.0. The van der Waals surface area contributed by atoms with Crippen LogP contribution in [0.3, 0.4) is 0 Å². The van der Waals surface area contributed by atoms with Crippen LogP contribution in [0.25, 0.3) is 0 Å². The third-order valence-corrected chi connectivity index (χ3v) is 20.0. The zero-order valence-electron chi connectivity index (χ0n) is 10.9. The van der Waals surface area contributed by atoms with Crippen molar-refractivity contribution in [2.24, 2.45) is 0 Å². The Morgan fingerprint density at radius 1 is 0.923 bits per heavy atom. The van der Waals surface area contributed by atoms with Gasteiger partial charge in [-0.2, -0.15) is 0 Å². The Labute approximate surface area is 90.2 Å². The molecule has 0 atom stereocenters. The van der Waals surface area contributed by atoms with E-state index >= 15 is 0 Å². The molecule has 0 saturated carbocycles. The summed E-state index contributed by atoms with van der Waals surface area (Å²) in [4.78, 5) is 7.58. The van der Waals surface area contributed by atoms with E-state index in [1.165, 1.54) is 0 Å². The third-order valence-electron chi connectivity index (χ3n) is 2.01. The van der Waals surface area contributed by atoms with Gasteiger partial charge < -0.3 is 0 Å². The zero-order valence-corrected chi connectivity index (χ0v) is 14.8. The number of nitrogens with zero attached hydrogens (tertiary/aromatic N) is 1. The van der Waals surface area contributed by atoms with Gasteiger partial charge in [-0.15, -0.1) is 0 Å². The van der Waals surface area contributed by atoms with Gasteiger partial charge in [0, 0.05) is 0 Å². The minimum absolute atomic E-state index is 0.374. The van der Waals surface area contributed by atoms with Gasteiger partial charge >= 0.3 is 90.4 Å². The van der Waals surface area contributed by atoms with E-state index in [1.54, 1.807) is 0 Å². The van der Waals surface area contributed by atoms with Gasteiger partial charge in [0.05, 0.1) is 0 Å². The van der Waals surface area contributed by atoms with Crippen molar-refractivity contribution in [3.05, 3.63) is 0 Å². The molecule has 0 aliphatic rings. The molecular formula is C10H27NSiSn. The third kappa shape index (κ3) is 4.34. The number of rotatable bonds is 2. The van der Waals surface area contributed by atoms with Crippen molar-refractivity contribution in [1.29, 1.82) is 0 Å². The first-order chi connectivity index (χ1) is 5.37. The molecule has 0 N–H and O–H groups in total. The number of hydrogen-bond acceptors (Lipinski definition) is 1. The topological polar surface area (TPSA) is 3.24 Å². The summed E-state index contributed by atoms with van der Waals surface area (Å²) in [7, 11) is -1.13. The molecule has 0 radical (unpaired) electrons. The molecule has 1 nitrogen and oxygen atoms in total. The molecule has 0 spiro atoms. The average Bonchev–Trinajstić information content (AvgIpc) is 1.44. The van der Waals surface area contributed by atoms with Gasteiger partial charge in [-0.25, -0.2) is 0 Å². The molecule has 0 aromatic rings. The summed E-state index contributed by atoms with van der Waals surface area (Å²) in [6.45, 7) is 14.5. The van der Waals surface area contributed by atoms with E-state index < -0.39 is 26.9 Å². The SMILES string of the molecule is CC(C)(C)[N]([Si](C)(C)C)[Sn]([CH3])([CH3])[CH3]. The fraction of sp³-hybridized carbons (Fsp3) is 1.00. The van der Waals surface area contributed by atoms with Crippen LogP contribution >= 0.6 is 0 Å². The normalized spacial score (nSPS) is 15.2. The molecule has 0 rings (SSSR count). The van der Waals surface area contributed by atoms with Gasteiger partial charge in [0.1, 0.15) is 0 Å². The summed E-state index contributed by atoms with van der Waals surface area (Å²) in [6, 6.07) is 0. The fourth-order valence-electron chi connectivity index (χ4n) is 3.02. The standard InChI is InChI=1S/C7H18NSi.3CH3.Sn/c1-7(2,3)8-9(4,5)6;;;;/h1-6H3;3*1H3;/q-1;;;;+1. The van der Waals surface area contributed by atoms with Gasteiger partial charge in [-0.3, -0.25) is 0 Å². The molecule has 0 heterocycles. The molecule has 0 unspecified atom stereocenters. The Morgan fingerprint density at radius 2 is 1.23 bits per heavy atom. The predicted octanol–water partition coefficient (Wildman–Crippen LogP) is 3.76. The van der Waals surface area contributed by atoms with E-state index in [2.05, 4.69) is 58.0 Å². The van der Waals surface area contributed by atoms with E-state index in [4.69, 9.17) is 0 Å². The Morgan fingerprint density at radius 3 is 1.23 bits per heavy atom. The molecule has 0 fully saturated rings. The van der Waals surface area contributed by atoms with Crippen LogP contribution in [-0.2, 0) is 0 Å². The summed E-state index contributed by atoms with van der Waals surface area (Å²) in [5.41, 5.74) is 0.374. The fourth-order valence-corrected chi connectivity index (χ4v) is 30.0. The van der Waals surface area contributed by atoms with Crippen LogP contribution in [-0.4, -0.2) is 35.2 Å². The summed E-state index contributed by atoms with van der Waals surface area (Å²) in [5.74, 6) is 0. The Balaban J connectivity index is 5.02. The molecule has 0 saturated heterocycles. The second-order valence-corrected chi connectivity index (χ2v) is 26.6. The molecule has 13 heavy (non-hydrogen) atoms. The van der Waals surface area contributed by atoms with Crippen molar-refractivity contribution in [3.8, 4) is 0 Å². The van der Waals surface area contributed by atoms with Gasteiger partial charge in [-0.05, 0) is 0 Å². The molecule has 0 aromatic heterocycles. The van der Waals surface area contributed by atoms with Crippen molar-refractivity contribution < 1.29 is 0 Å². The molecule has 3 heteroatoms. The van der Waals surface area contributed by atoms with Crippen LogP contribution in [0.2, 0.25) is 34.5 Å². The monoisotopic (exact) mass is 309 g/mol. The minimum atomic E-state index is -1.90. The quantitative estimate of drug-likeness (QED) is 0.702. The zero-order chi connectivity index (χ0) is 11.1. The van der Waals surface area contributed by atoms with Gasteiger partial charge in [0.2, 0.25) is 0 Å². The van der Waals surface area contributed by atoms with Crippen LogP contribution in [0.15, 0.2) is 0 Å². The van der Waals surface area contributed by atoms with Crippen molar-refractivity contribution in [2.75, 3.05) is 0 Å². The van der Waals surface area contributed by atoms with Crippen LogP contribution < -0.4 is 0 Å². The Kier molecular flexibility index (Phi) is 4.14. The number of hydrogen-bond donors (Lipinski definition) is 0. The first-order valence-corrected chi connectivity index (χ1v) is 18.5. The molecule has 80 valence electrons. The van der Waals surface area contributed by atoms with Crippen molar-refractivity contribution in [2.45, 2.75) is 60.8 Å². The van der Waals surface area contributed by atoms with E-state index in [-0.39, 0.29) is 0 Å². The van der Waals surface area contributed by atoms with Gasteiger partial charge in [0.25, 0.3) is 0 Å². The van der Waals surface area contributed by atoms with Crippen LogP contribution in [0.5, 0.6) is 0 Å². The van der Waals surface area contributed by atoms with Gasteiger partial charge in [-0.1, -0.05) is 0 Å². The van der Waals surface area contributed by atoms with E-state index in [1.807, 2.05) is 0 Å². The molecule has 0 aliphatic heterocycles. The van der Waals surface area contributed by atoms with Crippen LogP contribution in [0, 0.1) is 0 Å². The maximum atomic E-state index is 2.91. The van der Waals surface area contributed by atoms with Crippen LogP contribution in [0.4, 0.5) is 0 Å². The molecule has 0 bridgehead atoms. The second kappa shape index (κ2) is 3.85. The summed E-state index contributed by atoms with van der Waals surface area (Å²) in [5, 5.41) is 0.